The molecule has 0 N–H and O–H groups in total. The van der Waals surface area contributed by atoms with E-state index in [9.17, 15) is 4.79 Å². The second-order valence-electron chi connectivity index (χ2n) is 6.18. The van der Waals surface area contributed by atoms with Crippen LogP contribution in [0.4, 0.5) is 0 Å². The van der Waals surface area contributed by atoms with Gasteiger partial charge in [-0.3, -0.25) is 9.48 Å². The van der Waals surface area contributed by atoms with E-state index in [2.05, 4.69) is 15.1 Å². The number of aromatic nitrogens is 4. The van der Waals surface area contributed by atoms with Crippen LogP contribution in [0.2, 0.25) is 0 Å². The molecule has 1 fully saturated rings. The third kappa shape index (κ3) is 3.31. The van der Waals surface area contributed by atoms with Crippen molar-refractivity contribution in [1.29, 1.82) is 0 Å². The van der Waals surface area contributed by atoms with Crippen molar-refractivity contribution < 1.29 is 9.53 Å². The molecule has 1 atom stereocenters. The maximum atomic E-state index is 12.7. The minimum absolute atomic E-state index is 0.105. The maximum absolute atomic E-state index is 12.7. The summed E-state index contributed by atoms with van der Waals surface area (Å²) in [5, 5.41) is 4.39. The van der Waals surface area contributed by atoms with E-state index < -0.39 is 0 Å². The van der Waals surface area contributed by atoms with Crippen molar-refractivity contribution in [3.63, 3.8) is 0 Å². The number of amides is 1. The van der Waals surface area contributed by atoms with Crippen molar-refractivity contribution >= 4 is 5.91 Å². The van der Waals surface area contributed by atoms with Gasteiger partial charge in [0, 0.05) is 31.0 Å². The molecule has 24 heavy (non-hydrogen) atoms. The summed E-state index contributed by atoms with van der Waals surface area (Å²) in [7, 11) is 1.90. The highest BCUT2D eigenvalue weighted by Crippen LogP contribution is 2.22. The molecule has 1 aliphatic heterocycles. The highest BCUT2D eigenvalue weighted by Gasteiger charge is 2.27. The molecule has 0 bridgehead atoms. The average Bonchev–Trinajstić information content (AvgIpc) is 2.81. The van der Waals surface area contributed by atoms with Crippen molar-refractivity contribution in [3.05, 3.63) is 40.7 Å². The number of rotatable bonds is 3. The van der Waals surface area contributed by atoms with Gasteiger partial charge < -0.3 is 9.64 Å². The van der Waals surface area contributed by atoms with Gasteiger partial charge in [0.25, 0.3) is 0 Å². The molecule has 2 aromatic heterocycles. The summed E-state index contributed by atoms with van der Waals surface area (Å²) in [5.74, 6) is 0.814. The predicted octanol–water partition coefficient (Wildman–Crippen LogP) is 1.28. The van der Waals surface area contributed by atoms with Crippen LogP contribution >= 0.6 is 0 Å². The molecular formula is C17H23N5O2. The first-order chi connectivity index (χ1) is 11.5. The van der Waals surface area contributed by atoms with Gasteiger partial charge in [-0.2, -0.15) is 5.10 Å². The highest BCUT2D eigenvalue weighted by molar-refractivity contribution is 5.79. The topological polar surface area (TPSA) is 73.1 Å². The summed E-state index contributed by atoms with van der Waals surface area (Å²) >= 11 is 0. The van der Waals surface area contributed by atoms with Crippen LogP contribution < -0.4 is 0 Å². The minimum Gasteiger partial charge on any atom is -0.368 e. The molecule has 0 radical (unpaired) electrons. The standard InChI is InChI=1S/C17H23N5O2/c1-11-14(12(2)21(4)20-11)9-17(23)22-7-8-24-16(10-22)15-5-6-18-13(3)19-15/h5-6,16H,7-10H2,1-4H3/t16-/m0/s1. The Labute approximate surface area is 141 Å². The van der Waals surface area contributed by atoms with Gasteiger partial charge in [-0.25, -0.2) is 9.97 Å². The second-order valence-corrected chi connectivity index (χ2v) is 6.18. The summed E-state index contributed by atoms with van der Waals surface area (Å²) in [6.07, 6.45) is 1.91. The molecule has 1 aliphatic rings. The SMILES string of the molecule is Cc1nccc([C@@H]2CN(C(=O)Cc3c(C)nn(C)c3C)CCO2)n1. The van der Waals surface area contributed by atoms with Crippen LogP contribution in [0.15, 0.2) is 12.3 Å². The van der Waals surface area contributed by atoms with E-state index in [1.54, 1.807) is 6.20 Å². The lowest BCUT2D eigenvalue weighted by atomic mass is 10.1. The molecule has 0 saturated carbocycles. The molecule has 0 aliphatic carbocycles. The smallest absolute Gasteiger partial charge is 0.227 e. The van der Waals surface area contributed by atoms with Crippen molar-refractivity contribution in [2.75, 3.05) is 19.7 Å². The lowest BCUT2D eigenvalue weighted by molar-refractivity contribution is -0.138. The van der Waals surface area contributed by atoms with Crippen molar-refractivity contribution in [2.24, 2.45) is 7.05 Å². The number of carbonyl (C=O) groups excluding carboxylic acids is 1. The number of carbonyl (C=O) groups is 1. The van der Waals surface area contributed by atoms with Gasteiger partial charge >= 0.3 is 0 Å². The van der Waals surface area contributed by atoms with E-state index in [0.717, 1.165) is 22.6 Å². The zero-order valence-electron chi connectivity index (χ0n) is 14.6. The van der Waals surface area contributed by atoms with Crippen LogP contribution in [0.1, 0.15) is 34.6 Å². The third-order valence-electron chi connectivity index (χ3n) is 4.53. The first kappa shape index (κ1) is 16.6. The van der Waals surface area contributed by atoms with Crippen LogP contribution in [0.5, 0.6) is 0 Å². The first-order valence-electron chi connectivity index (χ1n) is 8.13. The normalized spacial score (nSPS) is 18.0. The number of nitrogens with zero attached hydrogens (tertiary/aromatic N) is 5. The molecule has 3 rings (SSSR count). The quantitative estimate of drug-likeness (QED) is 0.848. The zero-order valence-corrected chi connectivity index (χ0v) is 14.6. The Morgan fingerprint density at radius 1 is 1.38 bits per heavy atom. The zero-order chi connectivity index (χ0) is 17.3. The van der Waals surface area contributed by atoms with Crippen LogP contribution in [-0.2, 0) is 23.0 Å². The number of morpholine rings is 1. The molecular weight excluding hydrogens is 306 g/mol. The summed E-state index contributed by atoms with van der Waals surface area (Å²) in [4.78, 5) is 23.1. The van der Waals surface area contributed by atoms with E-state index >= 15 is 0 Å². The summed E-state index contributed by atoms with van der Waals surface area (Å²) in [5.41, 5.74) is 3.80. The Kier molecular flexibility index (Phi) is 4.62. The fraction of sp³-hybridized carbons (Fsp3) is 0.529. The van der Waals surface area contributed by atoms with Gasteiger partial charge in [-0.15, -0.1) is 0 Å². The van der Waals surface area contributed by atoms with E-state index in [4.69, 9.17) is 4.74 Å². The fourth-order valence-electron chi connectivity index (χ4n) is 3.04. The Bertz CT molecular complexity index is 755. The van der Waals surface area contributed by atoms with Gasteiger partial charge in [0.1, 0.15) is 11.9 Å². The van der Waals surface area contributed by atoms with E-state index in [0.29, 0.717) is 31.9 Å². The molecule has 7 nitrogen and oxygen atoms in total. The summed E-state index contributed by atoms with van der Waals surface area (Å²) < 4.78 is 7.62. The van der Waals surface area contributed by atoms with Crippen molar-refractivity contribution in [2.45, 2.75) is 33.3 Å². The molecule has 128 valence electrons. The van der Waals surface area contributed by atoms with Crippen molar-refractivity contribution in [1.82, 2.24) is 24.6 Å². The highest BCUT2D eigenvalue weighted by atomic mass is 16.5. The van der Waals surface area contributed by atoms with Gasteiger partial charge in [0.05, 0.1) is 31.0 Å². The van der Waals surface area contributed by atoms with Gasteiger partial charge in [0.2, 0.25) is 5.91 Å². The molecule has 2 aromatic rings. The largest absolute Gasteiger partial charge is 0.368 e. The number of ether oxygens (including phenoxy) is 1. The van der Waals surface area contributed by atoms with Gasteiger partial charge in [-0.05, 0) is 26.8 Å². The lowest BCUT2D eigenvalue weighted by Gasteiger charge is -2.32. The van der Waals surface area contributed by atoms with E-state index in [1.165, 1.54) is 0 Å². The molecule has 7 heteroatoms. The Balaban J connectivity index is 1.71. The average molecular weight is 329 g/mol. The van der Waals surface area contributed by atoms with E-state index in [1.807, 2.05) is 43.5 Å². The Morgan fingerprint density at radius 3 is 2.83 bits per heavy atom. The van der Waals surface area contributed by atoms with Crippen LogP contribution in [0, 0.1) is 20.8 Å². The Morgan fingerprint density at radius 2 is 2.17 bits per heavy atom. The number of aryl methyl sites for hydroxylation is 3. The monoisotopic (exact) mass is 329 g/mol. The molecule has 1 saturated heterocycles. The number of hydrogen-bond donors (Lipinski definition) is 0. The Hall–Kier alpha value is -2.28. The molecule has 3 heterocycles. The van der Waals surface area contributed by atoms with Crippen LogP contribution in [0.25, 0.3) is 0 Å². The van der Waals surface area contributed by atoms with Crippen molar-refractivity contribution in [3.8, 4) is 0 Å². The second kappa shape index (κ2) is 6.68. The van der Waals surface area contributed by atoms with E-state index in [-0.39, 0.29) is 12.0 Å². The predicted molar refractivity (Wildman–Crippen MR) is 88.4 cm³/mol. The third-order valence-corrected chi connectivity index (χ3v) is 4.53. The minimum atomic E-state index is -0.194. The van der Waals surface area contributed by atoms with Gasteiger partial charge in [-0.1, -0.05) is 0 Å². The lowest BCUT2D eigenvalue weighted by Crippen LogP contribution is -2.43. The first-order valence-corrected chi connectivity index (χ1v) is 8.13. The maximum Gasteiger partial charge on any atom is 0.227 e. The summed E-state index contributed by atoms with van der Waals surface area (Å²) in [6, 6.07) is 1.85. The molecule has 0 spiro atoms. The van der Waals surface area contributed by atoms with Gasteiger partial charge in [0.15, 0.2) is 0 Å². The number of hydrogen-bond acceptors (Lipinski definition) is 5. The van der Waals surface area contributed by atoms with Crippen LogP contribution in [-0.4, -0.2) is 50.3 Å². The molecule has 1 amide bonds. The van der Waals surface area contributed by atoms with Crippen LogP contribution in [0.3, 0.4) is 0 Å². The summed E-state index contributed by atoms with van der Waals surface area (Å²) in [6.45, 7) is 7.44. The molecule has 0 unspecified atom stereocenters. The molecule has 0 aromatic carbocycles. The fourth-order valence-corrected chi connectivity index (χ4v) is 3.04.